The fourth-order valence-electron chi connectivity index (χ4n) is 1.97. The van der Waals surface area contributed by atoms with Crippen LogP contribution in [0, 0.1) is 5.82 Å². The van der Waals surface area contributed by atoms with Crippen LogP contribution in [0.5, 0.6) is 0 Å². The summed E-state index contributed by atoms with van der Waals surface area (Å²) in [4.78, 5) is 18.3. The lowest BCUT2D eigenvalue weighted by Gasteiger charge is -2.24. The lowest BCUT2D eigenvalue weighted by molar-refractivity contribution is 0.0737. The van der Waals surface area contributed by atoms with Crippen LogP contribution in [0.1, 0.15) is 34.0 Å². The van der Waals surface area contributed by atoms with Gasteiger partial charge in [0.05, 0.1) is 11.0 Å². The van der Waals surface area contributed by atoms with Gasteiger partial charge >= 0.3 is 0 Å². The van der Waals surface area contributed by atoms with E-state index in [0.29, 0.717) is 18.7 Å². The molecule has 2 N–H and O–H groups in total. The van der Waals surface area contributed by atoms with Crippen molar-refractivity contribution in [3.05, 3.63) is 51.7 Å². The number of amides is 1. The van der Waals surface area contributed by atoms with Crippen LogP contribution in [-0.2, 0) is 6.42 Å². The van der Waals surface area contributed by atoms with E-state index in [-0.39, 0.29) is 30.2 Å². The van der Waals surface area contributed by atoms with E-state index in [2.05, 4.69) is 4.98 Å². The summed E-state index contributed by atoms with van der Waals surface area (Å²) in [6.07, 6.45) is 0.676. The number of aromatic nitrogens is 1. The third kappa shape index (κ3) is 4.25. The summed E-state index contributed by atoms with van der Waals surface area (Å²) in [5, 5.41) is 2.62. The third-order valence-corrected chi connectivity index (χ3v) is 4.29. The number of halogens is 2. The zero-order chi connectivity index (χ0) is 15.4. The van der Waals surface area contributed by atoms with E-state index in [9.17, 15) is 9.18 Å². The third-order valence-electron chi connectivity index (χ3n) is 3.38. The number of hydrogen-bond donors (Lipinski definition) is 1. The number of carbonyl (C=O) groups is 1. The second-order valence-corrected chi connectivity index (χ2v) is 5.75. The molecule has 0 bridgehead atoms. The Labute approximate surface area is 139 Å². The van der Waals surface area contributed by atoms with Gasteiger partial charge in [0, 0.05) is 18.8 Å². The number of benzene rings is 1. The monoisotopic (exact) mass is 343 g/mol. The molecule has 0 fully saturated rings. The van der Waals surface area contributed by atoms with Crippen molar-refractivity contribution in [1.29, 1.82) is 0 Å². The van der Waals surface area contributed by atoms with E-state index in [0.717, 1.165) is 10.6 Å². The fraction of sp³-hybridized carbons (Fsp3) is 0.333. The van der Waals surface area contributed by atoms with E-state index in [1.54, 1.807) is 29.5 Å². The van der Waals surface area contributed by atoms with Crippen molar-refractivity contribution >= 4 is 29.7 Å². The number of hydrogen-bond acceptors (Lipinski definition) is 4. The van der Waals surface area contributed by atoms with Gasteiger partial charge in [-0.1, -0.05) is 12.1 Å². The molecule has 0 saturated carbocycles. The fourth-order valence-corrected chi connectivity index (χ4v) is 2.76. The van der Waals surface area contributed by atoms with Crippen molar-refractivity contribution in [2.45, 2.75) is 19.4 Å². The first-order chi connectivity index (χ1) is 10.0. The van der Waals surface area contributed by atoms with Gasteiger partial charge < -0.3 is 10.6 Å². The molecule has 1 heterocycles. The van der Waals surface area contributed by atoms with Crippen molar-refractivity contribution in [1.82, 2.24) is 9.88 Å². The van der Waals surface area contributed by atoms with Gasteiger partial charge in [-0.25, -0.2) is 9.37 Å². The van der Waals surface area contributed by atoms with Gasteiger partial charge in [-0.2, -0.15) is 0 Å². The van der Waals surface area contributed by atoms with E-state index >= 15 is 0 Å². The second kappa shape index (κ2) is 8.22. The molecule has 1 atom stereocenters. The number of carbonyl (C=O) groups excluding carboxylic acids is 1. The Balaban J connectivity index is 0.00000242. The van der Waals surface area contributed by atoms with Crippen LogP contribution in [0.3, 0.4) is 0 Å². The molecule has 22 heavy (non-hydrogen) atoms. The summed E-state index contributed by atoms with van der Waals surface area (Å²) in [7, 11) is 1.72. The van der Waals surface area contributed by atoms with Gasteiger partial charge in [-0.3, -0.25) is 4.79 Å². The Morgan fingerprint density at radius 1 is 1.41 bits per heavy atom. The first-order valence-corrected chi connectivity index (χ1v) is 7.58. The molecule has 1 aromatic heterocycles. The molecule has 7 heteroatoms. The molecular formula is C15H19ClFN3OS. The Hall–Kier alpha value is -1.50. The largest absolute Gasteiger partial charge is 0.334 e. The van der Waals surface area contributed by atoms with Crippen molar-refractivity contribution in [2.24, 2.45) is 5.73 Å². The van der Waals surface area contributed by atoms with E-state index in [1.807, 2.05) is 6.92 Å². The van der Waals surface area contributed by atoms with Crippen LogP contribution in [0.2, 0.25) is 0 Å². The van der Waals surface area contributed by atoms with Gasteiger partial charge in [0.1, 0.15) is 11.5 Å². The number of nitrogens with zero attached hydrogens (tertiary/aromatic N) is 2. The van der Waals surface area contributed by atoms with Crippen molar-refractivity contribution in [3.8, 4) is 0 Å². The average molecular weight is 344 g/mol. The summed E-state index contributed by atoms with van der Waals surface area (Å²) in [6, 6.07) is 6.01. The molecule has 0 aliphatic rings. The van der Waals surface area contributed by atoms with Crippen LogP contribution in [0.4, 0.5) is 4.39 Å². The summed E-state index contributed by atoms with van der Waals surface area (Å²) >= 11 is 1.44. The number of nitrogens with two attached hydrogens (primary N) is 1. The Morgan fingerprint density at radius 3 is 2.64 bits per heavy atom. The highest BCUT2D eigenvalue weighted by atomic mass is 35.5. The van der Waals surface area contributed by atoms with Crippen LogP contribution in [-0.4, -0.2) is 29.4 Å². The minimum Gasteiger partial charge on any atom is -0.334 e. The van der Waals surface area contributed by atoms with Crippen molar-refractivity contribution in [2.75, 3.05) is 13.6 Å². The van der Waals surface area contributed by atoms with Crippen molar-refractivity contribution in [3.63, 3.8) is 0 Å². The van der Waals surface area contributed by atoms with Gasteiger partial charge in [-0.05, 0) is 31.2 Å². The average Bonchev–Trinajstić information content (AvgIpc) is 2.95. The van der Waals surface area contributed by atoms with Crippen LogP contribution >= 0.6 is 23.7 Å². The Kier molecular flexibility index (Phi) is 6.93. The van der Waals surface area contributed by atoms with Crippen molar-refractivity contribution < 1.29 is 9.18 Å². The SMILES string of the molecule is CC(c1ccc(F)cc1)N(C)C(=O)c1csc(CCN)n1.Cl. The maximum Gasteiger partial charge on any atom is 0.273 e. The molecule has 120 valence electrons. The molecule has 0 spiro atoms. The highest BCUT2D eigenvalue weighted by Crippen LogP contribution is 2.21. The maximum absolute atomic E-state index is 13.0. The molecule has 0 aliphatic carbocycles. The first-order valence-electron chi connectivity index (χ1n) is 6.70. The van der Waals surface area contributed by atoms with Crippen LogP contribution in [0.25, 0.3) is 0 Å². The molecule has 0 radical (unpaired) electrons. The molecule has 2 rings (SSSR count). The van der Waals surface area contributed by atoms with Crippen LogP contribution in [0.15, 0.2) is 29.6 Å². The molecule has 0 saturated heterocycles. The Morgan fingerprint density at radius 2 is 2.05 bits per heavy atom. The summed E-state index contributed by atoms with van der Waals surface area (Å²) in [5.41, 5.74) is 6.79. The van der Waals surface area contributed by atoms with Gasteiger partial charge in [0.25, 0.3) is 5.91 Å². The minimum atomic E-state index is -0.286. The standard InChI is InChI=1S/C15H18FN3OS.ClH/c1-10(11-3-5-12(16)6-4-11)19(2)15(20)13-9-21-14(18-13)7-8-17;/h3-6,9-10H,7-8,17H2,1-2H3;1H. The van der Waals surface area contributed by atoms with E-state index < -0.39 is 0 Å². The maximum atomic E-state index is 13.0. The summed E-state index contributed by atoms with van der Waals surface area (Å²) < 4.78 is 13.0. The smallest absolute Gasteiger partial charge is 0.273 e. The topological polar surface area (TPSA) is 59.2 Å². The normalized spacial score (nSPS) is 11.6. The summed E-state index contributed by atoms with van der Waals surface area (Å²) in [5.74, 6) is -0.433. The molecular weight excluding hydrogens is 325 g/mol. The van der Waals surface area contributed by atoms with Crippen LogP contribution < -0.4 is 5.73 Å². The Bertz CT molecular complexity index is 618. The molecule has 1 amide bonds. The van der Waals surface area contributed by atoms with E-state index in [1.165, 1.54) is 23.5 Å². The predicted molar refractivity (Wildman–Crippen MR) is 89.0 cm³/mol. The minimum absolute atomic E-state index is 0. The molecule has 1 unspecified atom stereocenters. The second-order valence-electron chi connectivity index (χ2n) is 4.81. The quantitative estimate of drug-likeness (QED) is 0.907. The zero-order valence-electron chi connectivity index (χ0n) is 12.5. The lowest BCUT2D eigenvalue weighted by Crippen LogP contribution is -2.30. The molecule has 4 nitrogen and oxygen atoms in total. The first kappa shape index (κ1) is 18.5. The zero-order valence-corrected chi connectivity index (χ0v) is 14.1. The van der Waals surface area contributed by atoms with Gasteiger partial charge in [0.15, 0.2) is 0 Å². The number of rotatable bonds is 5. The molecule has 1 aromatic carbocycles. The van der Waals surface area contributed by atoms with E-state index in [4.69, 9.17) is 5.73 Å². The van der Waals surface area contributed by atoms with Gasteiger partial charge in [0.2, 0.25) is 0 Å². The highest BCUT2D eigenvalue weighted by molar-refractivity contribution is 7.09. The number of thiazole rings is 1. The predicted octanol–water partition coefficient (Wildman–Crippen LogP) is 3.04. The lowest BCUT2D eigenvalue weighted by atomic mass is 10.1. The molecule has 2 aromatic rings. The molecule has 0 aliphatic heterocycles. The van der Waals surface area contributed by atoms with Gasteiger partial charge in [-0.15, -0.1) is 23.7 Å². The highest BCUT2D eigenvalue weighted by Gasteiger charge is 2.21. The summed E-state index contributed by atoms with van der Waals surface area (Å²) in [6.45, 7) is 2.42.